The minimum absolute atomic E-state index is 0.744. The number of rotatable bonds is 4. The molecule has 2 N–H and O–H groups in total. The van der Waals surface area contributed by atoms with Crippen molar-refractivity contribution < 1.29 is 0 Å². The fourth-order valence-electron chi connectivity index (χ4n) is 3.37. The molecule has 0 saturated heterocycles. The Hall–Kier alpha value is -1.28. The number of nitrogens with one attached hydrogen (secondary N) is 2. The minimum Gasteiger partial charge on any atom is -0.361 e. The highest BCUT2D eigenvalue weighted by Gasteiger charge is 2.17. The average Bonchev–Trinajstić information content (AvgIpc) is 2.83. The van der Waals surface area contributed by atoms with Crippen molar-refractivity contribution in [2.45, 2.75) is 45.1 Å². The Morgan fingerprint density at radius 2 is 2.16 bits per heavy atom. The van der Waals surface area contributed by atoms with Crippen LogP contribution < -0.4 is 5.32 Å². The summed E-state index contributed by atoms with van der Waals surface area (Å²) in [6.45, 7) is 3.48. The van der Waals surface area contributed by atoms with Crippen molar-refractivity contribution in [2.75, 3.05) is 6.54 Å². The first kappa shape index (κ1) is 12.7. The lowest BCUT2D eigenvalue weighted by molar-refractivity contribution is 0.303. The van der Waals surface area contributed by atoms with Gasteiger partial charge in [0.1, 0.15) is 0 Å². The molecule has 1 saturated carbocycles. The van der Waals surface area contributed by atoms with Crippen LogP contribution in [0.25, 0.3) is 10.9 Å². The third kappa shape index (κ3) is 3.01. The van der Waals surface area contributed by atoms with Gasteiger partial charge in [-0.2, -0.15) is 0 Å². The predicted molar refractivity (Wildman–Crippen MR) is 81.4 cm³/mol. The number of H-pyrrole nitrogens is 1. The van der Waals surface area contributed by atoms with Gasteiger partial charge in [-0.15, -0.1) is 0 Å². The van der Waals surface area contributed by atoms with Crippen molar-refractivity contribution in [1.29, 1.82) is 0 Å². The van der Waals surface area contributed by atoms with Gasteiger partial charge < -0.3 is 10.3 Å². The summed E-state index contributed by atoms with van der Waals surface area (Å²) < 4.78 is 0. The van der Waals surface area contributed by atoms with Gasteiger partial charge in [-0.25, -0.2) is 0 Å². The zero-order chi connectivity index (χ0) is 13.1. The highest BCUT2D eigenvalue weighted by atomic mass is 14.9. The molecule has 2 nitrogen and oxygen atoms in total. The number of fused-ring (bicyclic) bond motifs is 1. The summed E-state index contributed by atoms with van der Waals surface area (Å²) in [5.74, 6) is 0.902. The van der Waals surface area contributed by atoms with Crippen molar-refractivity contribution in [3.63, 3.8) is 0 Å². The quantitative estimate of drug-likeness (QED) is 0.853. The molecule has 2 atom stereocenters. The molecule has 2 unspecified atom stereocenters. The zero-order valence-corrected chi connectivity index (χ0v) is 11.8. The lowest BCUT2D eigenvalue weighted by Gasteiger charge is -2.27. The molecular formula is C17H24N2. The number of para-hydroxylation sites is 1. The first-order valence-corrected chi connectivity index (χ1v) is 7.61. The van der Waals surface area contributed by atoms with E-state index in [1.54, 1.807) is 0 Å². The molecule has 0 aliphatic heterocycles. The van der Waals surface area contributed by atoms with Crippen LogP contribution in [0.2, 0.25) is 0 Å². The highest BCUT2D eigenvalue weighted by molar-refractivity contribution is 5.83. The average molecular weight is 256 g/mol. The van der Waals surface area contributed by atoms with E-state index in [0.29, 0.717) is 0 Å². The maximum absolute atomic E-state index is 3.74. The van der Waals surface area contributed by atoms with E-state index in [-0.39, 0.29) is 0 Å². The van der Waals surface area contributed by atoms with Crippen LogP contribution in [0.3, 0.4) is 0 Å². The van der Waals surface area contributed by atoms with Crippen LogP contribution >= 0.6 is 0 Å². The van der Waals surface area contributed by atoms with Crippen LogP contribution in [0.15, 0.2) is 30.5 Å². The van der Waals surface area contributed by atoms with Gasteiger partial charge in [0.15, 0.2) is 0 Å². The van der Waals surface area contributed by atoms with Gasteiger partial charge in [-0.05, 0) is 43.4 Å². The molecule has 1 aromatic heterocycles. The highest BCUT2D eigenvalue weighted by Crippen LogP contribution is 2.23. The molecule has 1 fully saturated rings. The monoisotopic (exact) mass is 256 g/mol. The van der Waals surface area contributed by atoms with Gasteiger partial charge in [-0.1, -0.05) is 38.0 Å². The summed E-state index contributed by atoms with van der Waals surface area (Å²) in [5.41, 5.74) is 2.69. The fraction of sp³-hybridized carbons (Fsp3) is 0.529. The number of aromatic nitrogens is 1. The standard InChI is InChI=1S/C17H24N2/c1-13-5-4-6-15(11-13)18-10-9-14-12-19-17-8-3-2-7-16(14)17/h2-3,7-8,12-13,15,18-19H,4-6,9-11H2,1H3. The molecule has 0 bridgehead atoms. The van der Waals surface area contributed by atoms with Crippen LogP contribution in [-0.2, 0) is 6.42 Å². The number of benzene rings is 1. The van der Waals surface area contributed by atoms with E-state index in [0.717, 1.165) is 24.9 Å². The van der Waals surface area contributed by atoms with Crippen molar-refractivity contribution in [3.05, 3.63) is 36.0 Å². The number of hydrogen-bond acceptors (Lipinski definition) is 1. The van der Waals surface area contributed by atoms with Gasteiger partial charge in [0.25, 0.3) is 0 Å². The molecule has 19 heavy (non-hydrogen) atoms. The Morgan fingerprint density at radius 3 is 3.05 bits per heavy atom. The summed E-state index contributed by atoms with van der Waals surface area (Å²) in [4.78, 5) is 3.36. The maximum atomic E-state index is 3.74. The summed E-state index contributed by atoms with van der Waals surface area (Å²) >= 11 is 0. The van der Waals surface area contributed by atoms with Gasteiger partial charge in [0.2, 0.25) is 0 Å². The lowest BCUT2D eigenvalue weighted by Crippen LogP contribution is -2.34. The third-order valence-electron chi connectivity index (χ3n) is 4.44. The lowest BCUT2D eigenvalue weighted by atomic mass is 9.87. The van der Waals surface area contributed by atoms with Crippen molar-refractivity contribution in [3.8, 4) is 0 Å². The Kier molecular flexibility index (Phi) is 3.88. The van der Waals surface area contributed by atoms with E-state index in [4.69, 9.17) is 0 Å². The van der Waals surface area contributed by atoms with Crippen molar-refractivity contribution in [2.24, 2.45) is 5.92 Å². The van der Waals surface area contributed by atoms with E-state index in [2.05, 4.69) is 47.7 Å². The molecule has 3 rings (SSSR count). The molecule has 2 aromatic rings. The molecule has 1 aliphatic carbocycles. The molecule has 1 heterocycles. The molecule has 0 amide bonds. The Bertz CT molecular complexity index is 529. The second kappa shape index (κ2) is 5.79. The first-order valence-electron chi connectivity index (χ1n) is 7.61. The van der Waals surface area contributed by atoms with E-state index < -0.39 is 0 Å². The van der Waals surface area contributed by atoms with E-state index in [9.17, 15) is 0 Å². The first-order chi connectivity index (χ1) is 9.33. The maximum Gasteiger partial charge on any atom is 0.0456 e. The molecule has 0 radical (unpaired) electrons. The Balaban J connectivity index is 1.55. The zero-order valence-electron chi connectivity index (χ0n) is 11.8. The van der Waals surface area contributed by atoms with Crippen molar-refractivity contribution >= 4 is 10.9 Å². The Labute approximate surface area is 115 Å². The SMILES string of the molecule is CC1CCCC(NCCc2c[nH]c3ccccc23)C1. The normalized spacial score (nSPS) is 23.8. The topological polar surface area (TPSA) is 27.8 Å². The number of aromatic amines is 1. The summed E-state index contributed by atoms with van der Waals surface area (Å²) in [6.07, 6.45) is 8.81. The summed E-state index contributed by atoms with van der Waals surface area (Å²) in [6, 6.07) is 9.31. The van der Waals surface area contributed by atoms with Gasteiger partial charge in [-0.3, -0.25) is 0 Å². The molecule has 1 aromatic carbocycles. The summed E-state index contributed by atoms with van der Waals surface area (Å²) in [7, 11) is 0. The van der Waals surface area contributed by atoms with Crippen LogP contribution in [0, 0.1) is 5.92 Å². The van der Waals surface area contributed by atoms with Crippen LogP contribution in [0.5, 0.6) is 0 Å². The number of hydrogen-bond donors (Lipinski definition) is 2. The minimum atomic E-state index is 0.744. The van der Waals surface area contributed by atoms with Crippen LogP contribution in [0.4, 0.5) is 0 Å². The molecule has 2 heteroatoms. The van der Waals surface area contributed by atoms with E-state index in [1.165, 1.54) is 42.1 Å². The van der Waals surface area contributed by atoms with Crippen molar-refractivity contribution in [1.82, 2.24) is 10.3 Å². The third-order valence-corrected chi connectivity index (χ3v) is 4.44. The molecule has 102 valence electrons. The fourth-order valence-corrected chi connectivity index (χ4v) is 3.37. The van der Waals surface area contributed by atoms with E-state index in [1.807, 2.05) is 0 Å². The second-order valence-electron chi connectivity index (χ2n) is 6.03. The smallest absolute Gasteiger partial charge is 0.0456 e. The molecule has 1 aliphatic rings. The largest absolute Gasteiger partial charge is 0.361 e. The van der Waals surface area contributed by atoms with Gasteiger partial charge in [0.05, 0.1) is 0 Å². The predicted octanol–water partition coefficient (Wildman–Crippen LogP) is 3.88. The second-order valence-corrected chi connectivity index (χ2v) is 6.03. The van der Waals surface area contributed by atoms with Crippen LogP contribution in [0.1, 0.15) is 38.2 Å². The summed E-state index contributed by atoms with van der Waals surface area (Å²) in [5, 5.41) is 5.12. The molecule has 0 spiro atoms. The van der Waals surface area contributed by atoms with Crippen LogP contribution in [-0.4, -0.2) is 17.6 Å². The van der Waals surface area contributed by atoms with Gasteiger partial charge in [0, 0.05) is 23.1 Å². The Morgan fingerprint density at radius 1 is 1.26 bits per heavy atom. The molecular weight excluding hydrogens is 232 g/mol. The van der Waals surface area contributed by atoms with Gasteiger partial charge >= 0.3 is 0 Å². The van der Waals surface area contributed by atoms with E-state index >= 15 is 0 Å².